The standard InChI is InChI=1S/C13H15N3O3/c1-8-5-10(14-18-8)7-16(2)13(17)11-6-12(19-15-11)9-3-4-9/h5-6,9H,3-4,7H2,1-2H3. The van der Waals surface area contributed by atoms with Crippen LogP contribution in [-0.2, 0) is 6.54 Å². The number of carbonyl (C=O) groups is 1. The van der Waals surface area contributed by atoms with E-state index in [1.165, 1.54) is 0 Å². The largest absolute Gasteiger partial charge is 0.361 e. The molecule has 1 fully saturated rings. The van der Waals surface area contributed by atoms with E-state index in [1.54, 1.807) is 18.0 Å². The summed E-state index contributed by atoms with van der Waals surface area (Å²) in [6.45, 7) is 2.21. The molecule has 6 nitrogen and oxygen atoms in total. The molecular weight excluding hydrogens is 246 g/mol. The van der Waals surface area contributed by atoms with Crippen LogP contribution in [0.2, 0.25) is 0 Å². The van der Waals surface area contributed by atoms with E-state index < -0.39 is 0 Å². The lowest BCUT2D eigenvalue weighted by atomic mass is 10.2. The zero-order chi connectivity index (χ0) is 13.4. The predicted octanol–water partition coefficient (Wildman–Crippen LogP) is 2.12. The maximum Gasteiger partial charge on any atom is 0.276 e. The second-order valence-corrected chi connectivity index (χ2v) is 4.98. The van der Waals surface area contributed by atoms with E-state index in [0.717, 1.165) is 30.1 Å². The highest BCUT2D eigenvalue weighted by Gasteiger charge is 2.29. The van der Waals surface area contributed by atoms with Gasteiger partial charge in [0.2, 0.25) is 0 Å². The van der Waals surface area contributed by atoms with Crippen molar-refractivity contribution in [1.82, 2.24) is 15.2 Å². The average molecular weight is 261 g/mol. The zero-order valence-electron chi connectivity index (χ0n) is 10.9. The molecule has 2 heterocycles. The van der Waals surface area contributed by atoms with Crippen LogP contribution in [0.5, 0.6) is 0 Å². The molecule has 0 aliphatic heterocycles. The Morgan fingerprint density at radius 1 is 1.37 bits per heavy atom. The molecule has 0 N–H and O–H groups in total. The number of aryl methyl sites for hydroxylation is 1. The minimum Gasteiger partial charge on any atom is -0.361 e. The topological polar surface area (TPSA) is 72.4 Å². The lowest BCUT2D eigenvalue weighted by Crippen LogP contribution is -2.26. The van der Waals surface area contributed by atoms with Crippen molar-refractivity contribution in [2.24, 2.45) is 0 Å². The van der Waals surface area contributed by atoms with Gasteiger partial charge in [0.1, 0.15) is 17.2 Å². The van der Waals surface area contributed by atoms with Crippen molar-refractivity contribution < 1.29 is 13.8 Å². The summed E-state index contributed by atoms with van der Waals surface area (Å²) in [4.78, 5) is 13.7. The Hall–Kier alpha value is -2.11. The number of rotatable bonds is 4. The third-order valence-corrected chi connectivity index (χ3v) is 3.15. The fourth-order valence-electron chi connectivity index (χ4n) is 1.95. The van der Waals surface area contributed by atoms with Gasteiger partial charge in [-0.05, 0) is 19.8 Å². The number of carbonyl (C=O) groups excluding carboxylic acids is 1. The summed E-state index contributed by atoms with van der Waals surface area (Å²) in [5, 5.41) is 7.70. The smallest absolute Gasteiger partial charge is 0.276 e. The molecule has 0 bridgehead atoms. The van der Waals surface area contributed by atoms with Gasteiger partial charge < -0.3 is 13.9 Å². The van der Waals surface area contributed by atoms with Crippen LogP contribution < -0.4 is 0 Å². The second-order valence-electron chi connectivity index (χ2n) is 4.98. The van der Waals surface area contributed by atoms with Crippen LogP contribution in [0.1, 0.15) is 46.5 Å². The fourth-order valence-corrected chi connectivity index (χ4v) is 1.95. The molecule has 0 spiro atoms. The van der Waals surface area contributed by atoms with Gasteiger partial charge in [-0.25, -0.2) is 0 Å². The molecule has 100 valence electrons. The van der Waals surface area contributed by atoms with E-state index in [-0.39, 0.29) is 5.91 Å². The number of nitrogens with zero attached hydrogens (tertiary/aromatic N) is 3. The minimum atomic E-state index is -0.170. The first-order valence-corrected chi connectivity index (χ1v) is 6.28. The van der Waals surface area contributed by atoms with Crippen LogP contribution in [0, 0.1) is 6.92 Å². The first-order chi connectivity index (χ1) is 9.13. The summed E-state index contributed by atoms with van der Waals surface area (Å²) < 4.78 is 10.2. The van der Waals surface area contributed by atoms with Gasteiger partial charge in [0.15, 0.2) is 5.69 Å². The van der Waals surface area contributed by atoms with Crippen molar-refractivity contribution in [1.29, 1.82) is 0 Å². The zero-order valence-corrected chi connectivity index (χ0v) is 10.9. The maximum atomic E-state index is 12.2. The van der Waals surface area contributed by atoms with Crippen LogP contribution in [0.25, 0.3) is 0 Å². The fraction of sp³-hybridized carbons (Fsp3) is 0.462. The van der Waals surface area contributed by atoms with E-state index in [1.807, 2.05) is 13.0 Å². The molecule has 0 atom stereocenters. The third-order valence-electron chi connectivity index (χ3n) is 3.15. The number of aromatic nitrogens is 2. The van der Waals surface area contributed by atoms with Crippen molar-refractivity contribution in [2.75, 3.05) is 7.05 Å². The molecule has 0 unspecified atom stereocenters. The molecule has 2 aromatic rings. The SMILES string of the molecule is Cc1cc(CN(C)C(=O)c2cc(C3CC3)on2)no1. The van der Waals surface area contributed by atoms with E-state index in [2.05, 4.69) is 10.3 Å². The molecule has 6 heteroatoms. The molecular formula is C13H15N3O3. The first kappa shape index (κ1) is 12.0. The molecule has 1 amide bonds. The quantitative estimate of drug-likeness (QED) is 0.842. The molecule has 1 aliphatic rings. The Labute approximate surface area is 110 Å². The minimum absolute atomic E-state index is 0.170. The summed E-state index contributed by atoms with van der Waals surface area (Å²) >= 11 is 0. The third kappa shape index (κ3) is 2.52. The maximum absolute atomic E-state index is 12.2. The van der Waals surface area contributed by atoms with Crippen LogP contribution in [0.15, 0.2) is 21.2 Å². The summed E-state index contributed by atoms with van der Waals surface area (Å²) in [5.41, 5.74) is 1.07. The van der Waals surface area contributed by atoms with Crippen molar-refractivity contribution in [2.45, 2.75) is 32.2 Å². The van der Waals surface area contributed by atoms with Crippen LogP contribution >= 0.6 is 0 Å². The van der Waals surface area contributed by atoms with Crippen LogP contribution in [0.4, 0.5) is 0 Å². The molecule has 1 aliphatic carbocycles. The Balaban J connectivity index is 1.67. The molecule has 0 aromatic carbocycles. The highest BCUT2D eigenvalue weighted by atomic mass is 16.5. The second kappa shape index (κ2) is 4.53. The molecule has 3 rings (SSSR count). The van der Waals surface area contributed by atoms with Gasteiger partial charge in [0.05, 0.1) is 6.54 Å². The number of hydrogen-bond acceptors (Lipinski definition) is 5. The average Bonchev–Trinajstić information content (AvgIpc) is 2.98. The van der Waals surface area contributed by atoms with Gasteiger partial charge in [-0.2, -0.15) is 0 Å². The Morgan fingerprint density at radius 2 is 2.16 bits per heavy atom. The molecule has 1 saturated carbocycles. The van der Waals surface area contributed by atoms with Gasteiger partial charge in [0, 0.05) is 25.1 Å². The molecule has 0 radical (unpaired) electrons. The lowest BCUT2D eigenvalue weighted by Gasteiger charge is -2.13. The highest BCUT2D eigenvalue weighted by molar-refractivity contribution is 5.92. The Bertz CT molecular complexity index is 598. The molecule has 0 saturated heterocycles. The van der Waals surface area contributed by atoms with Crippen LogP contribution in [-0.4, -0.2) is 28.2 Å². The number of hydrogen-bond donors (Lipinski definition) is 0. The number of amides is 1. The normalized spacial score (nSPS) is 14.6. The summed E-state index contributed by atoms with van der Waals surface area (Å²) in [6.07, 6.45) is 2.24. The van der Waals surface area contributed by atoms with E-state index in [9.17, 15) is 4.79 Å². The van der Waals surface area contributed by atoms with E-state index >= 15 is 0 Å². The van der Waals surface area contributed by atoms with Crippen molar-refractivity contribution in [3.05, 3.63) is 35.0 Å². The van der Waals surface area contributed by atoms with E-state index in [4.69, 9.17) is 9.05 Å². The summed E-state index contributed by atoms with van der Waals surface area (Å²) in [7, 11) is 1.71. The summed E-state index contributed by atoms with van der Waals surface area (Å²) in [5.74, 6) is 1.83. The summed E-state index contributed by atoms with van der Waals surface area (Å²) in [6, 6.07) is 3.55. The van der Waals surface area contributed by atoms with Crippen molar-refractivity contribution >= 4 is 5.91 Å². The van der Waals surface area contributed by atoms with Gasteiger partial charge >= 0.3 is 0 Å². The van der Waals surface area contributed by atoms with Gasteiger partial charge in [-0.3, -0.25) is 4.79 Å². The molecule has 2 aromatic heterocycles. The monoisotopic (exact) mass is 261 g/mol. The van der Waals surface area contributed by atoms with Crippen molar-refractivity contribution in [3.63, 3.8) is 0 Å². The first-order valence-electron chi connectivity index (χ1n) is 6.28. The van der Waals surface area contributed by atoms with Gasteiger partial charge in [0.25, 0.3) is 5.91 Å². The van der Waals surface area contributed by atoms with Gasteiger partial charge in [-0.15, -0.1) is 0 Å². The van der Waals surface area contributed by atoms with Crippen LogP contribution in [0.3, 0.4) is 0 Å². The predicted molar refractivity (Wildman–Crippen MR) is 65.5 cm³/mol. The van der Waals surface area contributed by atoms with Crippen molar-refractivity contribution in [3.8, 4) is 0 Å². The Kier molecular flexibility index (Phi) is 2.85. The van der Waals surface area contributed by atoms with E-state index in [0.29, 0.717) is 18.2 Å². The highest BCUT2D eigenvalue weighted by Crippen LogP contribution is 2.40. The van der Waals surface area contributed by atoms with Gasteiger partial charge in [-0.1, -0.05) is 10.3 Å². The lowest BCUT2D eigenvalue weighted by molar-refractivity contribution is 0.0771. The Morgan fingerprint density at radius 3 is 2.79 bits per heavy atom. The molecule has 19 heavy (non-hydrogen) atoms.